The number of carboxylic acids is 1. The van der Waals surface area contributed by atoms with Crippen LogP contribution in [-0.4, -0.2) is 23.1 Å². The van der Waals surface area contributed by atoms with E-state index in [2.05, 4.69) is 26.6 Å². The Balaban J connectivity index is 2.81. The van der Waals surface area contributed by atoms with E-state index in [0.29, 0.717) is 17.7 Å². The maximum atomic E-state index is 13.3. The fourth-order valence-electron chi connectivity index (χ4n) is 1.76. The lowest BCUT2D eigenvalue weighted by Gasteiger charge is -2.20. The molecule has 21 heavy (non-hydrogen) atoms. The number of anilines is 1. The number of hydrogen-bond donors (Lipinski definition) is 3. The van der Waals surface area contributed by atoms with Gasteiger partial charge in [0.2, 0.25) is 0 Å². The monoisotopic (exact) mass is 360 g/mol. The van der Waals surface area contributed by atoms with Crippen molar-refractivity contribution in [2.45, 2.75) is 33.2 Å². The van der Waals surface area contributed by atoms with E-state index >= 15 is 0 Å². The van der Waals surface area contributed by atoms with E-state index in [1.807, 2.05) is 6.92 Å². The van der Waals surface area contributed by atoms with Crippen LogP contribution in [0.25, 0.3) is 0 Å². The number of urea groups is 1. The van der Waals surface area contributed by atoms with Crippen LogP contribution in [0.15, 0.2) is 16.6 Å². The van der Waals surface area contributed by atoms with Crippen LogP contribution in [0.3, 0.4) is 0 Å². The second-order valence-corrected chi connectivity index (χ2v) is 5.74. The summed E-state index contributed by atoms with van der Waals surface area (Å²) in [6, 6.07) is 1.11. The summed E-state index contributed by atoms with van der Waals surface area (Å²) < 4.78 is 13.5. The molecule has 7 heteroatoms. The van der Waals surface area contributed by atoms with Crippen LogP contribution < -0.4 is 10.6 Å². The Hall–Kier alpha value is -1.63. The minimum atomic E-state index is -1.09. The molecule has 2 amide bonds. The summed E-state index contributed by atoms with van der Waals surface area (Å²) in [6.45, 7) is 5.24. The first-order valence-electron chi connectivity index (χ1n) is 6.52. The van der Waals surface area contributed by atoms with Crippen LogP contribution in [0.4, 0.5) is 14.9 Å². The highest BCUT2D eigenvalue weighted by molar-refractivity contribution is 9.10. The molecule has 0 radical (unpaired) electrons. The van der Waals surface area contributed by atoms with Gasteiger partial charge in [0, 0.05) is 5.69 Å². The molecule has 1 rings (SSSR count). The molecule has 5 nitrogen and oxygen atoms in total. The van der Waals surface area contributed by atoms with Gasteiger partial charge in [-0.3, -0.25) is 0 Å². The third-order valence-corrected chi connectivity index (χ3v) is 3.89. The van der Waals surface area contributed by atoms with Crippen LogP contribution >= 0.6 is 15.9 Å². The van der Waals surface area contributed by atoms with Crippen molar-refractivity contribution >= 4 is 33.6 Å². The van der Waals surface area contributed by atoms with Crippen molar-refractivity contribution in [3.05, 3.63) is 28.0 Å². The molecule has 0 spiro atoms. The molecule has 1 aromatic carbocycles. The average molecular weight is 361 g/mol. The molecule has 0 aliphatic rings. The van der Waals surface area contributed by atoms with Crippen molar-refractivity contribution in [2.75, 3.05) is 5.32 Å². The first kappa shape index (κ1) is 17.4. The second kappa shape index (κ2) is 7.40. The quantitative estimate of drug-likeness (QED) is 0.751. The number of carbonyl (C=O) groups is 2. The number of carbonyl (C=O) groups excluding carboxylic acids is 1. The Bertz CT molecular complexity index is 551. The fourth-order valence-corrected chi connectivity index (χ4v) is 2.11. The minimum Gasteiger partial charge on any atom is -0.480 e. The maximum absolute atomic E-state index is 13.3. The number of aliphatic carboxylic acids is 1. The zero-order valence-corrected chi connectivity index (χ0v) is 13.6. The molecule has 116 valence electrons. The Morgan fingerprint density at radius 2 is 2.05 bits per heavy atom. The summed E-state index contributed by atoms with van der Waals surface area (Å²) >= 11 is 3.04. The predicted molar refractivity (Wildman–Crippen MR) is 81.9 cm³/mol. The van der Waals surface area contributed by atoms with Crippen LogP contribution in [0, 0.1) is 18.7 Å². The van der Waals surface area contributed by atoms with Crippen molar-refractivity contribution in [3.63, 3.8) is 0 Å². The summed E-state index contributed by atoms with van der Waals surface area (Å²) in [6.07, 6.45) is 0.623. The molecule has 0 aliphatic heterocycles. The number of halogens is 2. The van der Waals surface area contributed by atoms with Crippen LogP contribution in [0.2, 0.25) is 0 Å². The molecule has 0 heterocycles. The van der Waals surface area contributed by atoms with Gasteiger partial charge < -0.3 is 15.7 Å². The molecule has 3 N–H and O–H groups in total. The lowest BCUT2D eigenvalue weighted by molar-refractivity contribution is -0.140. The van der Waals surface area contributed by atoms with Gasteiger partial charge in [-0.1, -0.05) is 20.3 Å². The first-order chi connectivity index (χ1) is 9.76. The smallest absolute Gasteiger partial charge is 0.326 e. The zero-order valence-electron chi connectivity index (χ0n) is 12.0. The van der Waals surface area contributed by atoms with E-state index in [4.69, 9.17) is 5.11 Å². The summed E-state index contributed by atoms with van der Waals surface area (Å²) in [7, 11) is 0. The molecule has 0 unspecified atom stereocenters. The summed E-state index contributed by atoms with van der Waals surface area (Å²) in [4.78, 5) is 23.1. The molecule has 0 aromatic heterocycles. The third kappa shape index (κ3) is 4.70. The van der Waals surface area contributed by atoms with Gasteiger partial charge in [0.05, 0.1) is 4.47 Å². The molecular weight excluding hydrogens is 343 g/mol. The minimum absolute atomic E-state index is 0.200. The number of rotatable bonds is 5. The highest BCUT2D eigenvalue weighted by Crippen LogP contribution is 2.24. The standard InChI is InChI=1S/C14H18BrFN2O3/c1-4-7(2)12(13(19)20)18-14(21)17-11-6-9(15)10(16)5-8(11)3/h5-7,12H,4H2,1-3H3,(H,19,20)(H2,17,18,21)/t7-,12-/m0/s1. The molecular formula is C14H18BrFN2O3. The molecule has 0 saturated heterocycles. The third-order valence-electron chi connectivity index (χ3n) is 3.28. The predicted octanol–water partition coefficient (Wildman–Crippen LogP) is 3.52. The number of benzene rings is 1. The summed E-state index contributed by atoms with van der Waals surface area (Å²) in [5.41, 5.74) is 0.954. The number of aryl methyl sites for hydroxylation is 1. The lowest BCUT2D eigenvalue weighted by Crippen LogP contribution is -2.46. The largest absolute Gasteiger partial charge is 0.480 e. The number of nitrogens with one attached hydrogen (secondary N) is 2. The molecule has 0 fully saturated rings. The topological polar surface area (TPSA) is 78.4 Å². The SMILES string of the molecule is CC[C@H](C)[C@H](NC(=O)Nc1cc(Br)c(F)cc1C)C(=O)O. The van der Waals surface area contributed by atoms with Crippen LogP contribution in [0.5, 0.6) is 0 Å². The Morgan fingerprint density at radius 3 is 2.57 bits per heavy atom. The van der Waals surface area contributed by atoms with Crippen molar-refractivity contribution < 1.29 is 19.1 Å². The lowest BCUT2D eigenvalue weighted by atomic mass is 9.99. The number of carboxylic acid groups (broad SMARTS) is 1. The molecule has 0 aliphatic carbocycles. The number of amides is 2. The molecule has 1 aromatic rings. The van der Waals surface area contributed by atoms with Crippen molar-refractivity contribution in [1.29, 1.82) is 0 Å². The van der Waals surface area contributed by atoms with E-state index in [1.54, 1.807) is 13.8 Å². The Labute approximate surface area is 131 Å². The highest BCUT2D eigenvalue weighted by atomic mass is 79.9. The van der Waals surface area contributed by atoms with Gasteiger partial charge in [0.25, 0.3) is 0 Å². The number of hydrogen-bond acceptors (Lipinski definition) is 2. The average Bonchev–Trinajstić information content (AvgIpc) is 2.41. The van der Waals surface area contributed by atoms with Gasteiger partial charge in [-0.25, -0.2) is 14.0 Å². The van der Waals surface area contributed by atoms with E-state index < -0.39 is 23.9 Å². The fraction of sp³-hybridized carbons (Fsp3) is 0.429. The van der Waals surface area contributed by atoms with Gasteiger partial charge in [0.1, 0.15) is 11.9 Å². The van der Waals surface area contributed by atoms with E-state index in [0.717, 1.165) is 0 Å². The van der Waals surface area contributed by atoms with E-state index in [-0.39, 0.29) is 10.4 Å². The molecule has 0 bridgehead atoms. The second-order valence-electron chi connectivity index (χ2n) is 4.88. The summed E-state index contributed by atoms with van der Waals surface area (Å²) in [5, 5.41) is 14.1. The normalized spacial score (nSPS) is 13.4. The van der Waals surface area contributed by atoms with Crippen LogP contribution in [0.1, 0.15) is 25.8 Å². The van der Waals surface area contributed by atoms with Crippen LogP contribution in [-0.2, 0) is 4.79 Å². The molecule has 2 atom stereocenters. The van der Waals surface area contributed by atoms with Crippen molar-refractivity contribution in [1.82, 2.24) is 5.32 Å². The van der Waals surface area contributed by atoms with Gasteiger partial charge in [-0.15, -0.1) is 0 Å². The van der Waals surface area contributed by atoms with Gasteiger partial charge in [0.15, 0.2) is 0 Å². The maximum Gasteiger partial charge on any atom is 0.326 e. The van der Waals surface area contributed by atoms with Crippen molar-refractivity contribution in [3.8, 4) is 0 Å². The Morgan fingerprint density at radius 1 is 1.43 bits per heavy atom. The highest BCUT2D eigenvalue weighted by Gasteiger charge is 2.25. The van der Waals surface area contributed by atoms with Gasteiger partial charge in [-0.2, -0.15) is 0 Å². The molecule has 0 saturated carbocycles. The zero-order chi connectivity index (χ0) is 16.2. The Kier molecular flexibility index (Phi) is 6.14. The van der Waals surface area contributed by atoms with E-state index in [9.17, 15) is 14.0 Å². The summed E-state index contributed by atoms with van der Waals surface area (Å²) in [5.74, 6) is -1.72. The van der Waals surface area contributed by atoms with Gasteiger partial charge >= 0.3 is 12.0 Å². The van der Waals surface area contributed by atoms with E-state index in [1.165, 1.54) is 12.1 Å². The first-order valence-corrected chi connectivity index (χ1v) is 7.31. The van der Waals surface area contributed by atoms with Crippen molar-refractivity contribution in [2.24, 2.45) is 5.92 Å². The van der Waals surface area contributed by atoms with Gasteiger partial charge in [-0.05, 0) is 46.5 Å².